The quantitative estimate of drug-likeness (QED) is 0.455. The normalized spacial score (nSPS) is 10.8. The summed E-state index contributed by atoms with van der Waals surface area (Å²) in [5.74, 6) is 1.13. The molecule has 8 nitrogen and oxygen atoms in total. The number of nitrogens with one attached hydrogen (secondary N) is 2. The SMILES string of the molecule is COc1cc(OC)c(OC)cc1/C=N/NC(=O)c1cc(-c2ccc(Cl)cc2)n[nH]1. The van der Waals surface area contributed by atoms with Crippen LogP contribution in [0.1, 0.15) is 16.1 Å². The Balaban J connectivity index is 1.72. The van der Waals surface area contributed by atoms with Gasteiger partial charge in [0.15, 0.2) is 11.5 Å². The molecular weight excluding hydrogens is 396 g/mol. The maximum Gasteiger partial charge on any atom is 0.289 e. The van der Waals surface area contributed by atoms with Crippen molar-refractivity contribution in [3.05, 3.63) is 58.7 Å². The first kappa shape index (κ1) is 20.2. The van der Waals surface area contributed by atoms with Gasteiger partial charge in [0.1, 0.15) is 11.4 Å². The number of halogens is 1. The number of carbonyl (C=O) groups excluding carboxylic acids is 1. The molecular formula is C20H19ClN4O4. The number of methoxy groups -OCH3 is 3. The molecule has 150 valence electrons. The van der Waals surface area contributed by atoms with E-state index in [4.69, 9.17) is 25.8 Å². The van der Waals surface area contributed by atoms with Gasteiger partial charge in [-0.15, -0.1) is 0 Å². The van der Waals surface area contributed by atoms with Gasteiger partial charge in [-0.05, 0) is 24.3 Å². The van der Waals surface area contributed by atoms with Crippen LogP contribution in [0.15, 0.2) is 47.6 Å². The zero-order chi connectivity index (χ0) is 20.8. The lowest BCUT2D eigenvalue weighted by Crippen LogP contribution is -2.18. The molecule has 3 aromatic rings. The summed E-state index contributed by atoms with van der Waals surface area (Å²) < 4.78 is 15.8. The number of nitrogens with zero attached hydrogens (tertiary/aromatic N) is 2. The maximum atomic E-state index is 12.3. The third kappa shape index (κ3) is 4.67. The van der Waals surface area contributed by atoms with Crippen LogP contribution < -0.4 is 19.6 Å². The average molecular weight is 415 g/mol. The van der Waals surface area contributed by atoms with Crippen LogP contribution in [0.5, 0.6) is 17.2 Å². The fraction of sp³-hybridized carbons (Fsp3) is 0.150. The van der Waals surface area contributed by atoms with Crippen LogP contribution in [0.4, 0.5) is 0 Å². The molecule has 3 rings (SSSR count). The summed E-state index contributed by atoms with van der Waals surface area (Å²) >= 11 is 5.89. The second-order valence-electron chi connectivity index (χ2n) is 5.82. The smallest absolute Gasteiger partial charge is 0.289 e. The lowest BCUT2D eigenvalue weighted by Gasteiger charge is -2.11. The zero-order valence-electron chi connectivity index (χ0n) is 16.0. The average Bonchev–Trinajstić information content (AvgIpc) is 3.24. The summed E-state index contributed by atoms with van der Waals surface area (Å²) in [6, 6.07) is 12.2. The van der Waals surface area contributed by atoms with Gasteiger partial charge in [-0.3, -0.25) is 9.89 Å². The minimum atomic E-state index is -0.437. The van der Waals surface area contributed by atoms with E-state index in [1.54, 1.807) is 30.3 Å². The molecule has 0 atom stereocenters. The van der Waals surface area contributed by atoms with Gasteiger partial charge in [0, 0.05) is 22.2 Å². The molecule has 0 aliphatic rings. The van der Waals surface area contributed by atoms with Crippen molar-refractivity contribution in [3.63, 3.8) is 0 Å². The van der Waals surface area contributed by atoms with E-state index >= 15 is 0 Å². The summed E-state index contributed by atoms with van der Waals surface area (Å²) in [5.41, 5.74) is 4.79. The van der Waals surface area contributed by atoms with Crippen LogP contribution in [0.3, 0.4) is 0 Å². The molecule has 0 aliphatic heterocycles. The number of hydrogen-bond acceptors (Lipinski definition) is 6. The van der Waals surface area contributed by atoms with Gasteiger partial charge in [0.25, 0.3) is 5.91 Å². The molecule has 29 heavy (non-hydrogen) atoms. The minimum Gasteiger partial charge on any atom is -0.496 e. The highest BCUT2D eigenvalue weighted by atomic mass is 35.5. The van der Waals surface area contributed by atoms with Gasteiger partial charge in [-0.2, -0.15) is 10.2 Å². The molecule has 0 saturated heterocycles. The lowest BCUT2D eigenvalue weighted by molar-refractivity contribution is 0.0950. The van der Waals surface area contributed by atoms with Gasteiger partial charge >= 0.3 is 0 Å². The highest BCUT2D eigenvalue weighted by molar-refractivity contribution is 6.30. The first-order valence-corrected chi connectivity index (χ1v) is 8.88. The summed E-state index contributed by atoms with van der Waals surface area (Å²) in [4.78, 5) is 12.3. The Labute approximate surface area is 172 Å². The fourth-order valence-electron chi connectivity index (χ4n) is 2.58. The molecule has 2 N–H and O–H groups in total. The Kier molecular flexibility index (Phi) is 6.36. The van der Waals surface area contributed by atoms with E-state index in [0.717, 1.165) is 5.56 Å². The van der Waals surface area contributed by atoms with E-state index in [1.165, 1.54) is 27.5 Å². The standard InChI is InChI=1S/C20H19ClN4O4/c1-27-17-10-19(29-3)18(28-2)8-13(17)11-22-25-20(26)16-9-15(23-24-16)12-4-6-14(21)7-5-12/h4-11H,1-3H3,(H,23,24)(H,25,26)/b22-11+. The Bertz CT molecular complexity index is 1030. The summed E-state index contributed by atoms with van der Waals surface area (Å²) in [6.45, 7) is 0. The first-order valence-electron chi connectivity index (χ1n) is 8.50. The van der Waals surface area contributed by atoms with Gasteiger partial charge in [0.2, 0.25) is 0 Å². The van der Waals surface area contributed by atoms with Crippen molar-refractivity contribution in [2.24, 2.45) is 5.10 Å². The summed E-state index contributed by atoms with van der Waals surface area (Å²) in [7, 11) is 4.59. The van der Waals surface area contributed by atoms with E-state index in [-0.39, 0.29) is 5.69 Å². The molecule has 1 amide bonds. The number of benzene rings is 2. The monoisotopic (exact) mass is 414 g/mol. The number of hydrogen-bond donors (Lipinski definition) is 2. The van der Waals surface area contributed by atoms with Crippen LogP contribution in [0, 0.1) is 0 Å². The van der Waals surface area contributed by atoms with E-state index < -0.39 is 5.91 Å². The number of H-pyrrole nitrogens is 1. The number of carbonyl (C=O) groups is 1. The van der Waals surface area contributed by atoms with E-state index in [9.17, 15) is 4.79 Å². The lowest BCUT2D eigenvalue weighted by atomic mass is 10.1. The number of aromatic nitrogens is 2. The molecule has 0 aliphatic carbocycles. The van der Waals surface area contributed by atoms with Crippen molar-refractivity contribution < 1.29 is 19.0 Å². The maximum absolute atomic E-state index is 12.3. The molecule has 1 aromatic heterocycles. The molecule has 0 bridgehead atoms. The summed E-state index contributed by atoms with van der Waals surface area (Å²) in [6.07, 6.45) is 1.45. The number of rotatable bonds is 7. The second-order valence-corrected chi connectivity index (χ2v) is 6.26. The van der Waals surface area contributed by atoms with Crippen molar-refractivity contribution in [1.82, 2.24) is 15.6 Å². The zero-order valence-corrected chi connectivity index (χ0v) is 16.8. The number of ether oxygens (including phenoxy) is 3. The molecule has 0 spiro atoms. The van der Waals surface area contributed by atoms with E-state index in [1.807, 2.05) is 12.1 Å². The summed E-state index contributed by atoms with van der Waals surface area (Å²) in [5, 5.41) is 11.4. The van der Waals surface area contributed by atoms with Crippen molar-refractivity contribution in [2.75, 3.05) is 21.3 Å². The molecule has 0 radical (unpaired) electrons. The van der Waals surface area contributed by atoms with Gasteiger partial charge in [-0.1, -0.05) is 23.7 Å². The Hall–Kier alpha value is -3.52. The molecule has 0 unspecified atom stereocenters. The van der Waals surface area contributed by atoms with Crippen LogP contribution in [0.2, 0.25) is 5.02 Å². The van der Waals surface area contributed by atoms with Crippen LogP contribution >= 0.6 is 11.6 Å². The minimum absolute atomic E-state index is 0.270. The second kappa shape index (κ2) is 9.11. The fourth-order valence-corrected chi connectivity index (χ4v) is 2.71. The van der Waals surface area contributed by atoms with Gasteiger partial charge < -0.3 is 14.2 Å². The topological polar surface area (TPSA) is 97.8 Å². The van der Waals surface area contributed by atoms with Gasteiger partial charge in [-0.25, -0.2) is 5.43 Å². The van der Waals surface area contributed by atoms with E-state index in [2.05, 4.69) is 20.7 Å². The van der Waals surface area contributed by atoms with Gasteiger partial charge in [0.05, 0.1) is 33.2 Å². The Morgan fingerprint density at radius 2 is 1.69 bits per heavy atom. The predicted molar refractivity (Wildman–Crippen MR) is 110 cm³/mol. The van der Waals surface area contributed by atoms with Crippen LogP contribution in [-0.4, -0.2) is 43.6 Å². The highest BCUT2D eigenvalue weighted by Gasteiger charge is 2.12. The molecule has 1 heterocycles. The Morgan fingerprint density at radius 1 is 1.03 bits per heavy atom. The Morgan fingerprint density at radius 3 is 2.34 bits per heavy atom. The van der Waals surface area contributed by atoms with Crippen LogP contribution in [0.25, 0.3) is 11.3 Å². The molecule has 2 aromatic carbocycles. The number of aromatic amines is 1. The number of amides is 1. The van der Waals surface area contributed by atoms with Crippen molar-refractivity contribution in [1.29, 1.82) is 0 Å². The van der Waals surface area contributed by atoms with E-state index in [0.29, 0.717) is 33.5 Å². The first-order chi connectivity index (χ1) is 14.0. The number of hydrazone groups is 1. The van der Waals surface area contributed by atoms with Crippen molar-refractivity contribution in [3.8, 4) is 28.5 Å². The predicted octanol–water partition coefficient (Wildman–Crippen LogP) is 3.52. The van der Waals surface area contributed by atoms with Crippen LogP contribution in [-0.2, 0) is 0 Å². The molecule has 0 saturated carbocycles. The largest absolute Gasteiger partial charge is 0.496 e. The third-order valence-electron chi connectivity index (χ3n) is 4.07. The highest BCUT2D eigenvalue weighted by Crippen LogP contribution is 2.33. The molecule has 9 heteroatoms. The van der Waals surface area contributed by atoms with Crippen molar-refractivity contribution >= 4 is 23.7 Å². The third-order valence-corrected chi connectivity index (χ3v) is 4.32. The van der Waals surface area contributed by atoms with Crippen molar-refractivity contribution in [2.45, 2.75) is 0 Å². The molecule has 0 fully saturated rings.